The standard InChI is InChI=1S/C17H25Cl2NO/c1-20-16(12-13-11-14(18)7-8-15(13)19)17(21-2)9-5-3-4-6-10-17/h7-8,11,16,20H,3-6,9-10,12H2,1-2H3. The average molecular weight is 330 g/mol. The van der Waals surface area contributed by atoms with Crippen molar-refractivity contribution in [1.82, 2.24) is 5.32 Å². The first-order valence-electron chi connectivity index (χ1n) is 7.77. The molecule has 1 aliphatic carbocycles. The summed E-state index contributed by atoms with van der Waals surface area (Å²) in [6.45, 7) is 0. The number of rotatable bonds is 5. The van der Waals surface area contributed by atoms with Gasteiger partial charge in [0.25, 0.3) is 0 Å². The topological polar surface area (TPSA) is 21.3 Å². The molecule has 2 rings (SSSR count). The zero-order valence-corrected chi connectivity index (χ0v) is 14.4. The van der Waals surface area contributed by atoms with Gasteiger partial charge in [-0.15, -0.1) is 0 Å². The first-order valence-corrected chi connectivity index (χ1v) is 8.53. The summed E-state index contributed by atoms with van der Waals surface area (Å²) in [6.07, 6.45) is 8.12. The molecule has 0 saturated heterocycles. The number of nitrogens with one attached hydrogen (secondary N) is 1. The molecule has 0 radical (unpaired) electrons. The molecule has 0 bridgehead atoms. The van der Waals surface area contributed by atoms with E-state index in [9.17, 15) is 0 Å². The van der Waals surface area contributed by atoms with Crippen molar-refractivity contribution in [2.24, 2.45) is 0 Å². The largest absolute Gasteiger partial charge is 0.377 e. The normalized spacial score (nSPS) is 20.0. The van der Waals surface area contributed by atoms with E-state index in [-0.39, 0.29) is 11.6 Å². The second-order valence-corrected chi connectivity index (χ2v) is 6.81. The van der Waals surface area contributed by atoms with E-state index in [0.29, 0.717) is 0 Å². The van der Waals surface area contributed by atoms with Crippen molar-refractivity contribution in [3.63, 3.8) is 0 Å². The third-order valence-corrected chi connectivity index (χ3v) is 5.38. The lowest BCUT2D eigenvalue weighted by Gasteiger charge is -2.39. The van der Waals surface area contributed by atoms with Gasteiger partial charge in [0, 0.05) is 23.2 Å². The quantitative estimate of drug-likeness (QED) is 0.778. The number of ether oxygens (including phenoxy) is 1. The van der Waals surface area contributed by atoms with Crippen LogP contribution in [0.1, 0.15) is 44.1 Å². The molecule has 1 N–H and O–H groups in total. The van der Waals surface area contributed by atoms with Crippen LogP contribution in [-0.4, -0.2) is 25.8 Å². The fraction of sp³-hybridized carbons (Fsp3) is 0.647. The summed E-state index contributed by atoms with van der Waals surface area (Å²) in [7, 11) is 3.85. The highest BCUT2D eigenvalue weighted by molar-refractivity contribution is 6.33. The average Bonchev–Trinajstić information content (AvgIpc) is 2.74. The van der Waals surface area contributed by atoms with Crippen LogP contribution < -0.4 is 5.32 Å². The zero-order chi connectivity index (χ0) is 15.3. The molecule has 1 atom stereocenters. The maximum Gasteiger partial charge on any atom is 0.0834 e. The molecule has 0 amide bonds. The number of likely N-dealkylation sites (N-methyl/N-ethyl adjacent to an activating group) is 1. The summed E-state index contributed by atoms with van der Waals surface area (Å²) in [4.78, 5) is 0. The highest BCUT2D eigenvalue weighted by Gasteiger charge is 2.38. The van der Waals surface area contributed by atoms with Gasteiger partial charge in [-0.1, -0.05) is 48.9 Å². The van der Waals surface area contributed by atoms with Crippen LogP contribution in [-0.2, 0) is 11.2 Å². The number of hydrogen-bond acceptors (Lipinski definition) is 2. The van der Waals surface area contributed by atoms with E-state index in [0.717, 1.165) is 34.9 Å². The van der Waals surface area contributed by atoms with Crippen LogP contribution in [0.2, 0.25) is 10.0 Å². The first kappa shape index (κ1) is 17.1. The second-order valence-electron chi connectivity index (χ2n) is 5.96. The maximum absolute atomic E-state index is 6.33. The Bertz CT molecular complexity index is 456. The summed E-state index contributed by atoms with van der Waals surface area (Å²) in [6, 6.07) is 5.92. The van der Waals surface area contributed by atoms with Gasteiger partial charge in [-0.3, -0.25) is 0 Å². The molecule has 1 aromatic carbocycles. The zero-order valence-electron chi connectivity index (χ0n) is 12.9. The van der Waals surface area contributed by atoms with Crippen LogP contribution in [0.15, 0.2) is 18.2 Å². The minimum atomic E-state index is -0.100. The maximum atomic E-state index is 6.33. The summed E-state index contributed by atoms with van der Waals surface area (Å²) >= 11 is 12.4. The molecule has 2 nitrogen and oxygen atoms in total. The van der Waals surface area contributed by atoms with Crippen LogP contribution in [0.3, 0.4) is 0 Å². The molecule has 118 valence electrons. The van der Waals surface area contributed by atoms with E-state index >= 15 is 0 Å². The van der Waals surface area contributed by atoms with Crippen LogP contribution in [0, 0.1) is 0 Å². The minimum Gasteiger partial charge on any atom is -0.377 e. The first-order chi connectivity index (χ1) is 10.1. The van der Waals surface area contributed by atoms with Crippen molar-refractivity contribution in [1.29, 1.82) is 0 Å². The lowest BCUT2D eigenvalue weighted by Crippen LogP contribution is -2.52. The molecular weight excluding hydrogens is 305 g/mol. The molecule has 1 saturated carbocycles. The molecular formula is C17H25Cl2NO. The summed E-state index contributed by atoms with van der Waals surface area (Å²) in [5, 5.41) is 4.97. The van der Waals surface area contributed by atoms with Crippen LogP contribution in [0.5, 0.6) is 0 Å². The van der Waals surface area contributed by atoms with Gasteiger partial charge >= 0.3 is 0 Å². The van der Waals surface area contributed by atoms with E-state index in [1.165, 1.54) is 25.7 Å². The lowest BCUT2D eigenvalue weighted by atomic mass is 9.82. The number of methoxy groups -OCH3 is 1. The number of halogens is 2. The van der Waals surface area contributed by atoms with E-state index in [2.05, 4.69) is 5.32 Å². The highest BCUT2D eigenvalue weighted by atomic mass is 35.5. The van der Waals surface area contributed by atoms with Gasteiger partial charge in [-0.25, -0.2) is 0 Å². The minimum absolute atomic E-state index is 0.100. The third-order valence-electron chi connectivity index (χ3n) is 4.77. The van der Waals surface area contributed by atoms with E-state index in [1.54, 1.807) is 0 Å². The van der Waals surface area contributed by atoms with Gasteiger partial charge in [-0.05, 0) is 50.1 Å². The molecule has 0 aliphatic heterocycles. The van der Waals surface area contributed by atoms with Gasteiger partial charge in [0.1, 0.15) is 0 Å². The van der Waals surface area contributed by atoms with Crippen LogP contribution >= 0.6 is 23.2 Å². The van der Waals surface area contributed by atoms with Crippen LogP contribution in [0.25, 0.3) is 0 Å². The lowest BCUT2D eigenvalue weighted by molar-refractivity contribution is -0.0509. The van der Waals surface area contributed by atoms with Crippen molar-refractivity contribution >= 4 is 23.2 Å². The monoisotopic (exact) mass is 329 g/mol. The predicted octanol–water partition coefficient (Wildman–Crippen LogP) is 4.86. The van der Waals surface area contributed by atoms with Gasteiger partial charge < -0.3 is 10.1 Å². The second kappa shape index (κ2) is 7.82. The van der Waals surface area contributed by atoms with Crippen molar-refractivity contribution < 1.29 is 4.74 Å². The Balaban J connectivity index is 2.22. The number of benzene rings is 1. The van der Waals surface area contributed by atoms with Crippen molar-refractivity contribution in [2.75, 3.05) is 14.2 Å². The van der Waals surface area contributed by atoms with Gasteiger partial charge in [-0.2, -0.15) is 0 Å². The van der Waals surface area contributed by atoms with Crippen molar-refractivity contribution in [3.05, 3.63) is 33.8 Å². The fourth-order valence-corrected chi connectivity index (χ4v) is 3.88. The highest BCUT2D eigenvalue weighted by Crippen LogP contribution is 2.35. The molecule has 0 heterocycles. The van der Waals surface area contributed by atoms with E-state index in [4.69, 9.17) is 27.9 Å². The molecule has 0 aromatic heterocycles. The van der Waals surface area contributed by atoms with Crippen molar-refractivity contribution in [3.8, 4) is 0 Å². The van der Waals surface area contributed by atoms with Gasteiger partial charge in [0.15, 0.2) is 0 Å². The third kappa shape index (κ3) is 4.13. The summed E-state index contributed by atoms with van der Waals surface area (Å²) in [5.41, 5.74) is 0.987. The molecule has 1 fully saturated rings. The van der Waals surface area contributed by atoms with E-state index < -0.39 is 0 Å². The van der Waals surface area contributed by atoms with E-state index in [1.807, 2.05) is 32.4 Å². The Morgan fingerprint density at radius 3 is 2.43 bits per heavy atom. The Morgan fingerprint density at radius 1 is 1.19 bits per heavy atom. The Kier molecular flexibility index (Phi) is 6.36. The summed E-state index contributed by atoms with van der Waals surface area (Å²) in [5.74, 6) is 0. The van der Waals surface area contributed by atoms with Crippen LogP contribution in [0.4, 0.5) is 0 Å². The molecule has 1 aliphatic rings. The smallest absolute Gasteiger partial charge is 0.0834 e. The Morgan fingerprint density at radius 2 is 1.86 bits per heavy atom. The van der Waals surface area contributed by atoms with Gasteiger partial charge in [0.05, 0.1) is 5.60 Å². The Labute approximate surface area is 138 Å². The molecule has 1 unspecified atom stereocenters. The summed E-state index contributed by atoms with van der Waals surface area (Å²) < 4.78 is 6.02. The fourth-order valence-electron chi connectivity index (χ4n) is 3.49. The molecule has 1 aromatic rings. The predicted molar refractivity (Wildman–Crippen MR) is 90.5 cm³/mol. The molecule has 0 spiro atoms. The Hall–Kier alpha value is -0.280. The molecule has 4 heteroatoms. The SMILES string of the molecule is CNC(Cc1cc(Cl)ccc1Cl)C1(OC)CCCCCC1. The van der Waals surface area contributed by atoms with Gasteiger partial charge in [0.2, 0.25) is 0 Å². The number of hydrogen-bond donors (Lipinski definition) is 1. The molecule has 21 heavy (non-hydrogen) atoms. The van der Waals surface area contributed by atoms with Crippen molar-refractivity contribution in [2.45, 2.75) is 56.6 Å².